The van der Waals surface area contributed by atoms with E-state index in [4.69, 9.17) is 11.6 Å². The number of hydrogen-bond acceptors (Lipinski definition) is 2. The Kier molecular flexibility index (Phi) is 4.17. The van der Waals surface area contributed by atoms with Crippen molar-refractivity contribution in [3.05, 3.63) is 73.0 Å². The molecule has 106 valence electrons. The van der Waals surface area contributed by atoms with Crippen LogP contribution < -0.4 is 10.9 Å². The van der Waals surface area contributed by atoms with Crippen molar-refractivity contribution in [2.75, 3.05) is 5.32 Å². The van der Waals surface area contributed by atoms with Crippen LogP contribution in [0.25, 0.3) is 10.9 Å². The molecule has 3 aromatic rings. The van der Waals surface area contributed by atoms with E-state index in [0.29, 0.717) is 17.1 Å². The molecule has 0 aliphatic rings. The van der Waals surface area contributed by atoms with Gasteiger partial charge in [0.1, 0.15) is 0 Å². The van der Waals surface area contributed by atoms with E-state index in [1.165, 1.54) is 0 Å². The maximum atomic E-state index is 12.1. The number of rotatable bonds is 3. The zero-order chi connectivity index (χ0) is 14.8. The fraction of sp³-hybridized carbons (Fsp3) is 0.0625. The topological polar surface area (TPSA) is 44.9 Å². The number of para-hydroxylation sites is 1. The van der Waals surface area contributed by atoms with Gasteiger partial charge in [0.25, 0.3) is 5.56 Å². The fourth-order valence-corrected chi connectivity index (χ4v) is 3.07. The van der Waals surface area contributed by atoms with Crippen molar-refractivity contribution >= 4 is 50.8 Å². The van der Waals surface area contributed by atoms with Crippen molar-refractivity contribution < 1.29 is 0 Å². The van der Waals surface area contributed by atoms with Crippen LogP contribution in [0.3, 0.4) is 0 Å². The summed E-state index contributed by atoms with van der Waals surface area (Å²) >= 11 is 8.39. The largest absolute Gasteiger partial charge is 0.380 e. The van der Waals surface area contributed by atoms with E-state index < -0.39 is 0 Å². The Balaban J connectivity index is 1.88. The van der Waals surface area contributed by atoms with Crippen molar-refractivity contribution in [1.82, 2.24) is 4.98 Å². The van der Waals surface area contributed by atoms with Crippen LogP contribution in [0, 0.1) is 3.57 Å². The zero-order valence-electron chi connectivity index (χ0n) is 11.0. The van der Waals surface area contributed by atoms with E-state index in [1.54, 1.807) is 0 Å². The summed E-state index contributed by atoms with van der Waals surface area (Å²) in [4.78, 5) is 15.0. The number of halogens is 2. The molecule has 0 radical (unpaired) electrons. The smallest absolute Gasteiger partial charge is 0.253 e. The Morgan fingerprint density at radius 3 is 2.76 bits per heavy atom. The van der Waals surface area contributed by atoms with Crippen LogP contribution in [0.15, 0.2) is 53.3 Å². The highest BCUT2D eigenvalue weighted by atomic mass is 127. The minimum absolute atomic E-state index is 0.0807. The summed E-state index contributed by atoms with van der Waals surface area (Å²) in [6.45, 7) is 0.431. The quantitative estimate of drug-likeness (QED) is 0.629. The molecule has 0 amide bonds. The predicted molar refractivity (Wildman–Crippen MR) is 96.1 cm³/mol. The van der Waals surface area contributed by atoms with Gasteiger partial charge in [-0.3, -0.25) is 4.79 Å². The van der Waals surface area contributed by atoms with E-state index >= 15 is 0 Å². The van der Waals surface area contributed by atoms with Crippen molar-refractivity contribution in [2.45, 2.75) is 6.54 Å². The molecule has 0 aliphatic carbocycles. The first-order chi connectivity index (χ1) is 10.1. The van der Waals surface area contributed by atoms with Crippen LogP contribution in [-0.2, 0) is 6.54 Å². The van der Waals surface area contributed by atoms with Gasteiger partial charge < -0.3 is 10.3 Å². The highest BCUT2D eigenvalue weighted by molar-refractivity contribution is 14.1. The highest BCUT2D eigenvalue weighted by Gasteiger charge is 2.05. The number of fused-ring (bicyclic) bond motifs is 1. The highest BCUT2D eigenvalue weighted by Crippen LogP contribution is 2.24. The molecule has 2 aromatic carbocycles. The fourth-order valence-electron chi connectivity index (χ4n) is 2.15. The molecule has 0 fully saturated rings. The molecule has 2 N–H and O–H groups in total. The lowest BCUT2D eigenvalue weighted by molar-refractivity contribution is 1.09. The number of benzene rings is 2. The maximum Gasteiger partial charge on any atom is 0.253 e. The Labute approximate surface area is 140 Å². The van der Waals surface area contributed by atoms with Crippen molar-refractivity contribution in [2.24, 2.45) is 0 Å². The lowest BCUT2D eigenvalue weighted by atomic mass is 10.1. The number of hydrogen-bond donors (Lipinski definition) is 2. The minimum Gasteiger partial charge on any atom is -0.380 e. The molecular formula is C16H12ClIN2O. The molecule has 3 rings (SSSR count). The van der Waals surface area contributed by atoms with Gasteiger partial charge >= 0.3 is 0 Å². The number of anilines is 1. The zero-order valence-corrected chi connectivity index (χ0v) is 13.9. The second-order valence-corrected chi connectivity index (χ2v) is 6.34. The number of aromatic nitrogens is 1. The summed E-state index contributed by atoms with van der Waals surface area (Å²) in [6, 6.07) is 15.4. The second-order valence-electron chi connectivity index (χ2n) is 4.69. The Morgan fingerprint density at radius 2 is 1.95 bits per heavy atom. The SMILES string of the molecule is O=c1[nH]c2ccccc2cc1CNc1ccc(I)cc1Cl. The molecule has 0 atom stereocenters. The molecular weight excluding hydrogens is 399 g/mol. The summed E-state index contributed by atoms with van der Waals surface area (Å²) in [6.07, 6.45) is 0. The molecule has 1 heterocycles. The van der Waals surface area contributed by atoms with Crippen LogP contribution in [0.4, 0.5) is 5.69 Å². The third-order valence-electron chi connectivity index (χ3n) is 3.23. The lowest BCUT2D eigenvalue weighted by Crippen LogP contribution is -2.15. The normalized spacial score (nSPS) is 10.8. The van der Waals surface area contributed by atoms with Gasteiger partial charge in [-0.25, -0.2) is 0 Å². The van der Waals surface area contributed by atoms with Gasteiger partial charge in [-0.2, -0.15) is 0 Å². The summed E-state index contributed by atoms with van der Waals surface area (Å²) in [7, 11) is 0. The summed E-state index contributed by atoms with van der Waals surface area (Å²) in [5.74, 6) is 0. The first-order valence-corrected chi connectivity index (χ1v) is 7.89. The van der Waals surface area contributed by atoms with Gasteiger partial charge in [-0.1, -0.05) is 29.8 Å². The Morgan fingerprint density at radius 1 is 1.14 bits per heavy atom. The van der Waals surface area contributed by atoms with Gasteiger partial charge in [-0.05, 0) is 58.3 Å². The first-order valence-electron chi connectivity index (χ1n) is 6.43. The molecule has 0 unspecified atom stereocenters. The summed E-state index contributed by atoms with van der Waals surface area (Å²) < 4.78 is 1.08. The maximum absolute atomic E-state index is 12.1. The predicted octanol–water partition coefficient (Wildman–Crippen LogP) is 4.40. The molecule has 0 aliphatic heterocycles. The van der Waals surface area contributed by atoms with Crippen LogP contribution in [0.5, 0.6) is 0 Å². The average Bonchev–Trinajstić information content (AvgIpc) is 2.46. The van der Waals surface area contributed by atoms with Crippen LogP contribution in [0.1, 0.15) is 5.56 Å². The van der Waals surface area contributed by atoms with Gasteiger partial charge in [0.05, 0.1) is 10.7 Å². The van der Waals surface area contributed by atoms with Gasteiger partial charge in [0.15, 0.2) is 0 Å². The molecule has 0 spiro atoms. The molecule has 3 nitrogen and oxygen atoms in total. The Bertz CT molecular complexity index is 860. The Hall–Kier alpha value is -1.53. The van der Waals surface area contributed by atoms with E-state index in [0.717, 1.165) is 20.2 Å². The molecule has 0 saturated heterocycles. The molecule has 0 bridgehead atoms. The average molecular weight is 411 g/mol. The van der Waals surface area contributed by atoms with Crippen LogP contribution >= 0.6 is 34.2 Å². The third-order valence-corrected chi connectivity index (χ3v) is 4.21. The van der Waals surface area contributed by atoms with Gasteiger partial charge in [0, 0.05) is 21.2 Å². The number of aromatic amines is 1. The van der Waals surface area contributed by atoms with Crippen molar-refractivity contribution in [1.29, 1.82) is 0 Å². The van der Waals surface area contributed by atoms with E-state index in [9.17, 15) is 4.79 Å². The van der Waals surface area contributed by atoms with E-state index in [1.807, 2.05) is 48.5 Å². The van der Waals surface area contributed by atoms with Gasteiger partial charge in [0.2, 0.25) is 0 Å². The minimum atomic E-state index is -0.0807. The molecule has 21 heavy (non-hydrogen) atoms. The molecule has 0 saturated carbocycles. The molecule has 5 heteroatoms. The monoisotopic (exact) mass is 410 g/mol. The standard InChI is InChI=1S/C16H12ClIN2O/c17-13-8-12(18)5-6-15(13)19-9-11-7-10-3-1-2-4-14(10)20-16(11)21/h1-8,19H,9H2,(H,20,21). The second kappa shape index (κ2) is 6.07. The first kappa shape index (κ1) is 14.4. The third kappa shape index (κ3) is 3.22. The molecule has 1 aromatic heterocycles. The van der Waals surface area contributed by atoms with Crippen LogP contribution in [-0.4, -0.2) is 4.98 Å². The number of pyridine rings is 1. The van der Waals surface area contributed by atoms with Crippen molar-refractivity contribution in [3.8, 4) is 0 Å². The van der Waals surface area contributed by atoms with Gasteiger partial charge in [-0.15, -0.1) is 0 Å². The van der Waals surface area contributed by atoms with Crippen LogP contribution in [0.2, 0.25) is 5.02 Å². The van der Waals surface area contributed by atoms with Crippen molar-refractivity contribution in [3.63, 3.8) is 0 Å². The van der Waals surface area contributed by atoms with E-state index in [2.05, 4.69) is 32.9 Å². The lowest BCUT2D eigenvalue weighted by Gasteiger charge is -2.09. The summed E-state index contributed by atoms with van der Waals surface area (Å²) in [5.41, 5.74) is 2.27. The number of nitrogens with one attached hydrogen (secondary N) is 2. The van der Waals surface area contributed by atoms with E-state index in [-0.39, 0.29) is 5.56 Å². The number of H-pyrrole nitrogens is 1. The summed E-state index contributed by atoms with van der Waals surface area (Å²) in [5, 5.41) is 4.87.